The number of nitrogens with zero attached hydrogens (tertiary/aromatic N) is 1. The molecule has 0 aliphatic carbocycles. The summed E-state index contributed by atoms with van der Waals surface area (Å²) in [5.41, 5.74) is 0. The van der Waals surface area contributed by atoms with Gasteiger partial charge in [0.1, 0.15) is 0 Å². The highest BCUT2D eigenvalue weighted by atomic mass is 32.1. The van der Waals surface area contributed by atoms with Gasteiger partial charge in [-0.2, -0.15) is 12.6 Å². The average molecular weight is 133 g/mol. The molecule has 0 rings (SSSR count). The van der Waals surface area contributed by atoms with Crippen LogP contribution in [0.4, 0.5) is 0 Å². The lowest BCUT2D eigenvalue weighted by Crippen LogP contribution is -2.27. The number of hydrogen-bond donors (Lipinski definition) is 1. The van der Waals surface area contributed by atoms with Crippen LogP contribution in [0.3, 0.4) is 0 Å². The van der Waals surface area contributed by atoms with Crippen LogP contribution in [0.15, 0.2) is 0 Å². The zero-order valence-electron chi connectivity index (χ0n) is 6.05. The molecule has 8 heavy (non-hydrogen) atoms. The minimum absolute atomic E-state index is 0.398. The Labute approximate surface area is 57.5 Å². The lowest BCUT2D eigenvalue weighted by molar-refractivity contribution is 0.322. The van der Waals surface area contributed by atoms with Crippen LogP contribution in [0.1, 0.15) is 13.8 Å². The Morgan fingerprint density at radius 2 is 1.62 bits per heavy atom. The largest absolute Gasteiger partial charge is 0.298 e. The Morgan fingerprint density at radius 3 is 1.62 bits per heavy atom. The molecule has 0 amide bonds. The van der Waals surface area contributed by atoms with Gasteiger partial charge in [-0.25, -0.2) is 0 Å². The molecule has 2 heteroatoms. The molecule has 50 valence electrons. The van der Waals surface area contributed by atoms with Crippen molar-refractivity contribution in [2.24, 2.45) is 5.92 Å². The van der Waals surface area contributed by atoms with Crippen molar-refractivity contribution in [1.82, 2.24) is 4.90 Å². The number of rotatable bonds is 2. The van der Waals surface area contributed by atoms with E-state index in [1.54, 1.807) is 0 Å². The summed E-state index contributed by atoms with van der Waals surface area (Å²) in [4.78, 5) is 2.10. The van der Waals surface area contributed by atoms with Crippen molar-refractivity contribution >= 4 is 12.6 Å². The van der Waals surface area contributed by atoms with Crippen LogP contribution >= 0.6 is 12.6 Å². The molecule has 1 unspecified atom stereocenters. The molecule has 0 saturated heterocycles. The highest BCUT2D eigenvalue weighted by molar-refractivity contribution is 7.80. The first-order valence-corrected chi connectivity index (χ1v) is 3.42. The highest BCUT2D eigenvalue weighted by Crippen LogP contribution is 2.09. The highest BCUT2D eigenvalue weighted by Gasteiger charge is 2.08. The predicted octanol–water partition coefficient (Wildman–Crippen LogP) is 1.46. The van der Waals surface area contributed by atoms with E-state index in [-0.39, 0.29) is 0 Å². The van der Waals surface area contributed by atoms with Crippen LogP contribution < -0.4 is 0 Å². The minimum Gasteiger partial charge on any atom is -0.298 e. The molecule has 1 nitrogen and oxygen atoms in total. The minimum atomic E-state index is 0.398. The van der Waals surface area contributed by atoms with Crippen molar-refractivity contribution in [3.05, 3.63) is 0 Å². The van der Waals surface area contributed by atoms with Crippen LogP contribution in [0.2, 0.25) is 0 Å². The maximum Gasteiger partial charge on any atom is 0.0545 e. The van der Waals surface area contributed by atoms with Gasteiger partial charge in [-0.15, -0.1) is 0 Å². The first-order chi connectivity index (χ1) is 3.55. The molecule has 0 aromatic heterocycles. The monoisotopic (exact) mass is 133 g/mol. The lowest BCUT2D eigenvalue weighted by Gasteiger charge is -2.21. The first-order valence-electron chi connectivity index (χ1n) is 2.90. The summed E-state index contributed by atoms with van der Waals surface area (Å²) in [6, 6.07) is 0. The van der Waals surface area contributed by atoms with Gasteiger partial charge in [-0.05, 0) is 20.0 Å². The van der Waals surface area contributed by atoms with E-state index in [4.69, 9.17) is 0 Å². The van der Waals surface area contributed by atoms with Crippen molar-refractivity contribution in [3.63, 3.8) is 0 Å². The summed E-state index contributed by atoms with van der Waals surface area (Å²) in [5, 5.41) is 0.398. The second-order valence-corrected chi connectivity index (χ2v) is 3.15. The van der Waals surface area contributed by atoms with Gasteiger partial charge in [-0.1, -0.05) is 13.8 Å². The van der Waals surface area contributed by atoms with E-state index in [0.717, 1.165) is 0 Å². The van der Waals surface area contributed by atoms with Gasteiger partial charge in [0.25, 0.3) is 0 Å². The normalized spacial score (nSPS) is 15.4. The van der Waals surface area contributed by atoms with Gasteiger partial charge in [0.15, 0.2) is 0 Å². The summed E-state index contributed by atoms with van der Waals surface area (Å²) < 4.78 is 0. The average Bonchev–Trinajstić information content (AvgIpc) is 1.64. The topological polar surface area (TPSA) is 3.24 Å². The van der Waals surface area contributed by atoms with Gasteiger partial charge in [0.2, 0.25) is 0 Å². The van der Waals surface area contributed by atoms with Crippen LogP contribution in [0.25, 0.3) is 0 Å². The molecule has 0 N–H and O–H groups in total. The summed E-state index contributed by atoms with van der Waals surface area (Å²) in [6.07, 6.45) is 0. The summed E-state index contributed by atoms with van der Waals surface area (Å²) in [6.45, 7) is 4.33. The van der Waals surface area contributed by atoms with Gasteiger partial charge in [-0.3, -0.25) is 4.90 Å². The molecule has 0 radical (unpaired) electrons. The molecule has 0 aliphatic heterocycles. The smallest absolute Gasteiger partial charge is 0.0545 e. The van der Waals surface area contributed by atoms with Gasteiger partial charge in [0.05, 0.1) is 5.37 Å². The fraction of sp³-hybridized carbons (Fsp3) is 1.00. The number of hydrogen-bond acceptors (Lipinski definition) is 2. The summed E-state index contributed by atoms with van der Waals surface area (Å²) in [5.74, 6) is 0.633. The lowest BCUT2D eigenvalue weighted by atomic mass is 10.2. The molecule has 0 fully saturated rings. The molecule has 0 aromatic carbocycles. The maximum atomic E-state index is 4.35. The Hall–Kier alpha value is 0.310. The number of thiol groups is 1. The standard InChI is InChI=1S/C6H15NS/c1-5(2)6(8)7(3)4/h5-6,8H,1-4H3. The van der Waals surface area contributed by atoms with Crippen molar-refractivity contribution in [3.8, 4) is 0 Å². The van der Waals surface area contributed by atoms with E-state index in [0.29, 0.717) is 11.3 Å². The molecule has 0 bridgehead atoms. The van der Waals surface area contributed by atoms with Gasteiger partial charge < -0.3 is 0 Å². The van der Waals surface area contributed by atoms with Crippen molar-refractivity contribution in [1.29, 1.82) is 0 Å². The second-order valence-electron chi connectivity index (χ2n) is 2.62. The first kappa shape index (κ1) is 8.31. The Kier molecular flexibility index (Phi) is 3.49. The van der Waals surface area contributed by atoms with E-state index < -0.39 is 0 Å². The third-order valence-electron chi connectivity index (χ3n) is 1.13. The third kappa shape index (κ3) is 2.58. The predicted molar refractivity (Wildman–Crippen MR) is 41.3 cm³/mol. The Balaban J connectivity index is 3.46. The fourth-order valence-corrected chi connectivity index (χ4v) is 0.596. The molecule has 0 heterocycles. The molecule has 0 aromatic rings. The Bertz CT molecular complexity index is 53.5. The Morgan fingerprint density at radius 1 is 1.25 bits per heavy atom. The molecular formula is C6H15NS. The van der Waals surface area contributed by atoms with Crippen LogP contribution in [-0.4, -0.2) is 24.4 Å². The van der Waals surface area contributed by atoms with Crippen LogP contribution in [0.5, 0.6) is 0 Å². The fourth-order valence-electron chi connectivity index (χ4n) is 0.596. The van der Waals surface area contributed by atoms with Gasteiger partial charge in [0, 0.05) is 0 Å². The zero-order valence-corrected chi connectivity index (χ0v) is 6.94. The molecule has 0 spiro atoms. The second kappa shape index (κ2) is 3.36. The summed E-state index contributed by atoms with van der Waals surface area (Å²) >= 11 is 4.35. The zero-order chi connectivity index (χ0) is 6.73. The van der Waals surface area contributed by atoms with E-state index >= 15 is 0 Å². The van der Waals surface area contributed by atoms with Crippen molar-refractivity contribution in [2.45, 2.75) is 19.2 Å². The maximum absolute atomic E-state index is 4.35. The molecule has 1 atom stereocenters. The van der Waals surface area contributed by atoms with Crippen LogP contribution in [0, 0.1) is 5.92 Å². The van der Waals surface area contributed by atoms with Crippen LogP contribution in [-0.2, 0) is 0 Å². The molecule has 0 aliphatic rings. The van der Waals surface area contributed by atoms with E-state index in [2.05, 4.69) is 31.4 Å². The van der Waals surface area contributed by atoms with E-state index in [1.165, 1.54) is 0 Å². The molecular weight excluding hydrogens is 118 g/mol. The third-order valence-corrected chi connectivity index (χ3v) is 2.18. The van der Waals surface area contributed by atoms with Crippen molar-refractivity contribution < 1.29 is 0 Å². The van der Waals surface area contributed by atoms with Crippen molar-refractivity contribution in [2.75, 3.05) is 14.1 Å². The molecule has 0 saturated carbocycles. The van der Waals surface area contributed by atoms with E-state index in [1.807, 2.05) is 14.1 Å². The SMILES string of the molecule is CC(C)C(S)N(C)C. The van der Waals surface area contributed by atoms with E-state index in [9.17, 15) is 0 Å². The van der Waals surface area contributed by atoms with Gasteiger partial charge >= 0.3 is 0 Å². The summed E-state index contributed by atoms with van der Waals surface area (Å²) in [7, 11) is 4.08. The quantitative estimate of drug-likeness (QED) is 0.441.